The summed E-state index contributed by atoms with van der Waals surface area (Å²) >= 11 is 7.82. The number of amides is 1. The van der Waals surface area contributed by atoms with E-state index in [1.165, 1.54) is 18.3 Å². The molecule has 1 aromatic rings. The number of thiophene rings is 1. The van der Waals surface area contributed by atoms with E-state index < -0.39 is 0 Å². The summed E-state index contributed by atoms with van der Waals surface area (Å²) in [6.45, 7) is 1.41. The van der Waals surface area contributed by atoms with Crippen LogP contribution >= 0.6 is 43.2 Å². The maximum absolute atomic E-state index is 10.8. The molecule has 0 fully saturated rings. The second-order valence-electron chi connectivity index (χ2n) is 2.19. The summed E-state index contributed by atoms with van der Waals surface area (Å²) in [6.07, 6.45) is 0. The third kappa shape index (κ3) is 2.30. The number of anilines is 1. The van der Waals surface area contributed by atoms with Gasteiger partial charge in [0.15, 0.2) is 0 Å². The predicted molar refractivity (Wildman–Crippen MR) is 58.7 cm³/mol. The minimum absolute atomic E-state index is 0.183. The number of halogens is 2. The highest BCUT2D eigenvalue weighted by atomic mass is 79.9. The zero-order valence-corrected chi connectivity index (χ0v) is 10.5. The van der Waals surface area contributed by atoms with Crippen molar-refractivity contribution in [3.8, 4) is 6.07 Å². The van der Waals surface area contributed by atoms with E-state index in [2.05, 4.69) is 37.2 Å². The van der Waals surface area contributed by atoms with Crippen LogP contribution in [0.25, 0.3) is 0 Å². The molecule has 68 valence electrons. The summed E-state index contributed by atoms with van der Waals surface area (Å²) in [5.74, 6) is -0.183. The number of nitriles is 1. The molecule has 1 heterocycles. The summed E-state index contributed by atoms with van der Waals surface area (Å²) in [6, 6.07) is 2.01. The molecule has 0 aliphatic rings. The van der Waals surface area contributed by atoms with Crippen LogP contribution in [0.5, 0.6) is 0 Å². The molecular formula is C7H4Br2N2OS. The minimum Gasteiger partial charge on any atom is -0.317 e. The number of carbonyl (C=O) groups excluding carboxylic acids is 1. The van der Waals surface area contributed by atoms with Crippen molar-refractivity contribution in [2.24, 2.45) is 0 Å². The Bertz CT molecular complexity index is 394. The molecule has 0 spiro atoms. The normalized spacial score (nSPS) is 9.38. The standard InChI is InChI=1S/C7H4Br2N2OS/c1-3(12)11-7-4(2-10)5(8)6(9)13-7/h1H3,(H,11,12). The van der Waals surface area contributed by atoms with Crippen molar-refractivity contribution in [3.63, 3.8) is 0 Å². The van der Waals surface area contributed by atoms with Crippen LogP contribution in [-0.2, 0) is 4.79 Å². The van der Waals surface area contributed by atoms with Gasteiger partial charge in [-0.15, -0.1) is 11.3 Å². The maximum Gasteiger partial charge on any atom is 0.221 e. The number of hydrogen-bond donors (Lipinski definition) is 1. The highest BCUT2D eigenvalue weighted by Gasteiger charge is 2.14. The Hall–Kier alpha value is -0.380. The summed E-state index contributed by atoms with van der Waals surface area (Å²) < 4.78 is 1.48. The van der Waals surface area contributed by atoms with Crippen molar-refractivity contribution >= 4 is 54.1 Å². The number of hydrogen-bond acceptors (Lipinski definition) is 3. The molecule has 0 aliphatic carbocycles. The zero-order valence-electron chi connectivity index (χ0n) is 6.52. The molecule has 13 heavy (non-hydrogen) atoms. The third-order valence-corrected chi connectivity index (χ3v) is 4.58. The van der Waals surface area contributed by atoms with Crippen LogP contribution in [0.15, 0.2) is 8.26 Å². The van der Waals surface area contributed by atoms with Crippen molar-refractivity contribution < 1.29 is 4.79 Å². The van der Waals surface area contributed by atoms with Crippen molar-refractivity contribution in [3.05, 3.63) is 13.8 Å². The van der Waals surface area contributed by atoms with Gasteiger partial charge in [0.25, 0.3) is 0 Å². The highest BCUT2D eigenvalue weighted by Crippen LogP contribution is 2.40. The van der Waals surface area contributed by atoms with E-state index in [-0.39, 0.29) is 5.91 Å². The Morgan fingerprint density at radius 2 is 2.23 bits per heavy atom. The van der Waals surface area contributed by atoms with Gasteiger partial charge in [0.1, 0.15) is 16.6 Å². The van der Waals surface area contributed by atoms with Crippen LogP contribution in [0.2, 0.25) is 0 Å². The Labute approximate surface area is 96.0 Å². The molecule has 1 amide bonds. The minimum atomic E-state index is -0.183. The van der Waals surface area contributed by atoms with Gasteiger partial charge >= 0.3 is 0 Å². The SMILES string of the molecule is CC(=O)Nc1sc(Br)c(Br)c1C#N. The first-order valence-electron chi connectivity index (χ1n) is 3.21. The van der Waals surface area contributed by atoms with Crippen LogP contribution in [0.3, 0.4) is 0 Å². The van der Waals surface area contributed by atoms with Gasteiger partial charge in [0.2, 0.25) is 5.91 Å². The second-order valence-corrected chi connectivity index (χ2v) is 5.32. The van der Waals surface area contributed by atoms with Crippen molar-refractivity contribution in [1.29, 1.82) is 5.26 Å². The van der Waals surface area contributed by atoms with Crippen LogP contribution in [-0.4, -0.2) is 5.91 Å². The Morgan fingerprint density at radius 1 is 1.62 bits per heavy atom. The average molecular weight is 324 g/mol. The quantitative estimate of drug-likeness (QED) is 0.863. The molecule has 1 rings (SSSR count). The molecule has 0 bridgehead atoms. The highest BCUT2D eigenvalue weighted by molar-refractivity contribution is 9.13. The molecule has 0 unspecified atom stereocenters. The molecule has 0 aliphatic heterocycles. The number of nitrogens with zero attached hydrogens (tertiary/aromatic N) is 1. The van der Waals surface area contributed by atoms with Crippen LogP contribution in [0.4, 0.5) is 5.00 Å². The van der Waals surface area contributed by atoms with Crippen LogP contribution in [0, 0.1) is 11.3 Å². The number of carbonyl (C=O) groups is 1. The fourth-order valence-electron chi connectivity index (χ4n) is 0.731. The number of rotatable bonds is 1. The van der Waals surface area contributed by atoms with E-state index >= 15 is 0 Å². The first-order chi connectivity index (χ1) is 6.06. The molecule has 1 aromatic heterocycles. The lowest BCUT2D eigenvalue weighted by Gasteiger charge is -1.96. The first kappa shape index (κ1) is 10.7. The lowest BCUT2D eigenvalue weighted by molar-refractivity contribution is -0.114. The largest absolute Gasteiger partial charge is 0.317 e. The molecule has 0 saturated heterocycles. The summed E-state index contributed by atoms with van der Waals surface area (Å²) in [4.78, 5) is 10.8. The fraction of sp³-hybridized carbons (Fsp3) is 0.143. The Kier molecular flexibility index (Phi) is 3.47. The molecule has 0 aromatic carbocycles. The van der Waals surface area contributed by atoms with E-state index in [9.17, 15) is 4.79 Å². The van der Waals surface area contributed by atoms with Gasteiger partial charge in [-0.05, 0) is 31.9 Å². The topological polar surface area (TPSA) is 52.9 Å². The van der Waals surface area contributed by atoms with Crippen LogP contribution < -0.4 is 5.32 Å². The van der Waals surface area contributed by atoms with E-state index in [0.717, 1.165) is 3.79 Å². The van der Waals surface area contributed by atoms with Crippen molar-refractivity contribution in [2.45, 2.75) is 6.92 Å². The monoisotopic (exact) mass is 322 g/mol. The molecule has 0 saturated carbocycles. The third-order valence-electron chi connectivity index (χ3n) is 1.21. The predicted octanol–water partition coefficient (Wildman–Crippen LogP) is 3.10. The molecular weight excluding hydrogens is 320 g/mol. The van der Waals surface area contributed by atoms with Gasteiger partial charge in [-0.2, -0.15) is 5.26 Å². The van der Waals surface area contributed by atoms with E-state index in [1.807, 2.05) is 6.07 Å². The lowest BCUT2D eigenvalue weighted by Crippen LogP contribution is -2.05. The maximum atomic E-state index is 10.8. The average Bonchev–Trinajstić information content (AvgIpc) is 2.27. The van der Waals surface area contributed by atoms with E-state index in [4.69, 9.17) is 5.26 Å². The molecule has 6 heteroatoms. The molecule has 3 nitrogen and oxygen atoms in total. The first-order valence-corrected chi connectivity index (χ1v) is 5.62. The molecule has 0 radical (unpaired) electrons. The fourth-order valence-corrected chi connectivity index (χ4v) is 2.89. The second kappa shape index (κ2) is 4.22. The summed E-state index contributed by atoms with van der Waals surface area (Å²) in [5.41, 5.74) is 0.451. The van der Waals surface area contributed by atoms with Crippen molar-refractivity contribution in [1.82, 2.24) is 0 Å². The van der Waals surface area contributed by atoms with Crippen LogP contribution in [0.1, 0.15) is 12.5 Å². The summed E-state index contributed by atoms with van der Waals surface area (Å²) in [7, 11) is 0. The smallest absolute Gasteiger partial charge is 0.221 e. The lowest BCUT2D eigenvalue weighted by atomic mass is 10.3. The van der Waals surface area contributed by atoms with Gasteiger partial charge in [-0.25, -0.2) is 0 Å². The Morgan fingerprint density at radius 3 is 2.69 bits per heavy atom. The Balaban J connectivity index is 3.15. The van der Waals surface area contributed by atoms with Gasteiger partial charge in [-0.3, -0.25) is 4.79 Å². The van der Waals surface area contributed by atoms with E-state index in [1.54, 1.807) is 0 Å². The van der Waals surface area contributed by atoms with E-state index in [0.29, 0.717) is 15.0 Å². The van der Waals surface area contributed by atoms with Crippen molar-refractivity contribution in [2.75, 3.05) is 5.32 Å². The summed E-state index contributed by atoms with van der Waals surface area (Å²) in [5, 5.41) is 11.9. The van der Waals surface area contributed by atoms with Gasteiger partial charge in [0, 0.05) is 6.92 Å². The molecule has 1 N–H and O–H groups in total. The van der Waals surface area contributed by atoms with Gasteiger partial charge in [-0.1, -0.05) is 0 Å². The molecule has 0 atom stereocenters. The van der Waals surface area contributed by atoms with Gasteiger partial charge < -0.3 is 5.32 Å². The zero-order chi connectivity index (χ0) is 10.0. The van der Waals surface area contributed by atoms with Gasteiger partial charge in [0.05, 0.1) is 8.26 Å². The number of nitrogens with one attached hydrogen (secondary N) is 1.